The van der Waals surface area contributed by atoms with Gasteiger partial charge in [0.25, 0.3) is 5.91 Å². The Balaban J connectivity index is 1.65. The molecule has 0 aliphatic carbocycles. The van der Waals surface area contributed by atoms with Crippen molar-refractivity contribution in [3.05, 3.63) is 56.3 Å². The molecule has 1 amide bonds. The zero-order chi connectivity index (χ0) is 18.0. The molecule has 0 saturated carbocycles. The largest absolute Gasteiger partial charge is 0.337 e. The summed E-state index contributed by atoms with van der Waals surface area (Å²) < 4.78 is 0. The van der Waals surface area contributed by atoms with E-state index >= 15 is 0 Å². The Labute approximate surface area is 153 Å². The molecule has 1 saturated heterocycles. The molecule has 1 fully saturated rings. The zero-order valence-electron chi connectivity index (χ0n) is 12.9. The van der Waals surface area contributed by atoms with Crippen molar-refractivity contribution in [3.63, 3.8) is 0 Å². The number of hydrogen-bond donors (Lipinski definition) is 0. The second-order valence-corrected chi connectivity index (χ2v) is 6.31. The lowest BCUT2D eigenvalue weighted by Gasteiger charge is -2.34. The first-order chi connectivity index (χ1) is 11.9. The minimum Gasteiger partial charge on any atom is -0.337 e. The summed E-state index contributed by atoms with van der Waals surface area (Å²) in [6, 6.07) is 4.74. The number of benzene rings is 1. The van der Waals surface area contributed by atoms with Gasteiger partial charge in [-0.05, 0) is 18.2 Å². The molecule has 3 rings (SSSR count). The van der Waals surface area contributed by atoms with Gasteiger partial charge in [-0.3, -0.25) is 14.9 Å². The molecular formula is C15H13Cl2N5O3. The molecule has 1 aromatic heterocycles. The van der Waals surface area contributed by atoms with Crippen molar-refractivity contribution in [2.24, 2.45) is 0 Å². The van der Waals surface area contributed by atoms with E-state index in [2.05, 4.69) is 9.97 Å². The van der Waals surface area contributed by atoms with Gasteiger partial charge in [0, 0.05) is 41.8 Å². The van der Waals surface area contributed by atoms with Crippen LogP contribution in [0.15, 0.2) is 30.6 Å². The predicted molar refractivity (Wildman–Crippen MR) is 93.3 cm³/mol. The van der Waals surface area contributed by atoms with E-state index in [4.69, 9.17) is 23.2 Å². The molecule has 0 spiro atoms. The number of nitro groups is 1. The molecule has 1 aliphatic rings. The fourth-order valence-electron chi connectivity index (χ4n) is 2.54. The van der Waals surface area contributed by atoms with Crippen molar-refractivity contribution < 1.29 is 9.72 Å². The van der Waals surface area contributed by atoms with Crippen molar-refractivity contribution >= 4 is 40.7 Å². The first-order valence-corrected chi connectivity index (χ1v) is 8.16. The van der Waals surface area contributed by atoms with E-state index in [0.717, 1.165) is 0 Å². The normalized spacial score (nSPS) is 14.5. The average molecular weight is 382 g/mol. The van der Waals surface area contributed by atoms with Crippen LogP contribution in [-0.4, -0.2) is 51.9 Å². The van der Waals surface area contributed by atoms with Gasteiger partial charge in [-0.15, -0.1) is 0 Å². The van der Waals surface area contributed by atoms with Gasteiger partial charge in [-0.2, -0.15) is 0 Å². The van der Waals surface area contributed by atoms with Crippen molar-refractivity contribution in [2.75, 3.05) is 31.1 Å². The van der Waals surface area contributed by atoms with Gasteiger partial charge in [-0.1, -0.05) is 23.2 Å². The molecule has 1 aliphatic heterocycles. The van der Waals surface area contributed by atoms with Crippen LogP contribution in [0.5, 0.6) is 0 Å². The average Bonchev–Trinajstić information content (AvgIpc) is 2.60. The minimum absolute atomic E-state index is 0.145. The molecule has 0 bridgehead atoms. The monoisotopic (exact) mass is 381 g/mol. The number of carbonyl (C=O) groups is 1. The van der Waals surface area contributed by atoms with Gasteiger partial charge in [-0.25, -0.2) is 9.97 Å². The third-order valence-electron chi connectivity index (χ3n) is 3.79. The second-order valence-electron chi connectivity index (χ2n) is 5.44. The fourth-order valence-corrected chi connectivity index (χ4v) is 3.07. The summed E-state index contributed by atoms with van der Waals surface area (Å²) in [5.74, 6) is 0.261. The lowest BCUT2D eigenvalue weighted by atomic mass is 10.2. The van der Waals surface area contributed by atoms with E-state index in [1.54, 1.807) is 23.1 Å². The lowest BCUT2D eigenvalue weighted by Crippen LogP contribution is -2.49. The second kappa shape index (κ2) is 7.20. The molecule has 25 heavy (non-hydrogen) atoms. The number of halogens is 2. The summed E-state index contributed by atoms with van der Waals surface area (Å²) in [5.41, 5.74) is 0.285. The van der Waals surface area contributed by atoms with E-state index in [9.17, 15) is 14.9 Å². The van der Waals surface area contributed by atoms with Crippen LogP contribution in [0.25, 0.3) is 0 Å². The molecule has 130 valence electrons. The van der Waals surface area contributed by atoms with Crippen LogP contribution in [0, 0.1) is 10.1 Å². The SMILES string of the molecule is O=C(c1cc(Cl)cc(Cl)c1)N1CCN(c2ncc([N+](=O)[O-])cn2)CC1. The van der Waals surface area contributed by atoms with Crippen molar-refractivity contribution in [1.29, 1.82) is 0 Å². The number of aromatic nitrogens is 2. The molecule has 2 heterocycles. The Hall–Kier alpha value is -2.45. The van der Waals surface area contributed by atoms with Gasteiger partial charge in [0.2, 0.25) is 5.95 Å². The maximum absolute atomic E-state index is 12.6. The summed E-state index contributed by atoms with van der Waals surface area (Å²) in [6.07, 6.45) is 2.35. The van der Waals surface area contributed by atoms with Crippen LogP contribution >= 0.6 is 23.2 Å². The molecule has 1 aromatic carbocycles. The van der Waals surface area contributed by atoms with E-state index < -0.39 is 4.92 Å². The molecule has 0 radical (unpaired) electrons. The highest BCUT2D eigenvalue weighted by atomic mass is 35.5. The molecule has 2 aromatic rings. The summed E-state index contributed by atoms with van der Waals surface area (Å²) in [5, 5.41) is 11.5. The Morgan fingerprint density at radius 3 is 2.12 bits per heavy atom. The highest BCUT2D eigenvalue weighted by molar-refractivity contribution is 6.35. The lowest BCUT2D eigenvalue weighted by molar-refractivity contribution is -0.385. The van der Waals surface area contributed by atoms with Crippen molar-refractivity contribution in [3.8, 4) is 0 Å². The standard InChI is InChI=1S/C15H13Cl2N5O3/c16-11-5-10(6-12(17)7-11)14(23)20-1-3-21(4-2-20)15-18-8-13(9-19-15)22(24)25/h5-9H,1-4H2. The highest BCUT2D eigenvalue weighted by Crippen LogP contribution is 2.21. The summed E-state index contributed by atoms with van der Waals surface area (Å²) in [4.78, 5) is 34.2. The third kappa shape index (κ3) is 3.97. The molecule has 0 atom stereocenters. The Kier molecular flexibility index (Phi) is 5.00. The number of anilines is 1. The van der Waals surface area contributed by atoms with Gasteiger partial charge < -0.3 is 9.80 Å². The van der Waals surface area contributed by atoms with Crippen LogP contribution in [-0.2, 0) is 0 Å². The minimum atomic E-state index is -0.545. The molecular weight excluding hydrogens is 369 g/mol. The van der Waals surface area contributed by atoms with Gasteiger partial charge >= 0.3 is 5.69 Å². The maximum Gasteiger partial charge on any atom is 0.305 e. The molecule has 8 nitrogen and oxygen atoms in total. The molecule has 10 heteroatoms. The van der Waals surface area contributed by atoms with Crippen molar-refractivity contribution in [1.82, 2.24) is 14.9 Å². The van der Waals surface area contributed by atoms with E-state index in [0.29, 0.717) is 47.7 Å². The Morgan fingerprint density at radius 1 is 1.04 bits per heavy atom. The van der Waals surface area contributed by atoms with Gasteiger partial charge in [0.1, 0.15) is 12.4 Å². The highest BCUT2D eigenvalue weighted by Gasteiger charge is 2.24. The number of nitrogens with zero attached hydrogens (tertiary/aromatic N) is 5. The van der Waals surface area contributed by atoms with Crippen LogP contribution in [0.3, 0.4) is 0 Å². The number of hydrogen-bond acceptors (Lipinski definition) is 6. The van der Waals surface area contributed by atoms with E-state index in [1.807, 2.05) is 4.90 Å². The third-order valence-corrected chi connectivity index (χ3v) is 4.23. The first kappa shape index (κ1) is 17.4. The summed E-state index contributed by atoms with van der Waals surface area (Å²) in [6.45, 7) is 2.00. The Bertz CT molecular complexity index is 787. The molecule has 0 N–H and O–H groups in total. The van der Waals surface area contributed by atoms with Gasteiger partial charge in [0.05, 0.1) is 4.92 Å². The summed E-state index contributed by atoms with van der Waals surface area (Å²) in [7, 11) is 0. The topological polar surface area (TPSA) is 92.5 Å². The number of rotatable bonds is 3. The summed E-state index contributed by atoms with van der Waals surface area (Å²) >= 11 is 11.9. The number of amides is 1. The van der Waals surface area contributed by atoms with E-state index in [-0.39, 0.29) is 11.6 Å². The number of carbonyl (C=O) groups excluding carboxylic acids is 1. The molecule has 0 unspecified atom stereocenters. The first-order valence-electron chi connectivity index (χ1n) is 7.41. The van der Waals surface area contributed by atoms with E-state index in [1.165, 1.54) is 12.4 Å². The zero-order valence-corrected chi connectivity index (χ0v) is 14.4. The predicted octanol–water partition coefficient (Wildman–Crippen LogP) is 2.65. The fraction of sp³-hybridized carbons (Fsp3) is 0.267. The Morgan fingerprint density at radius 2 is 1.60 bits per heavy atom. The van der Waals surface area contributed by atoms with Gasteiger partial charge in [0.15, 0.2) is 0 Å². The van der Waals surface area contributed by atoms with Crippen LogP contribution in [0.4, 0.5) is 11.6 Å². The smallest absolute Gasteiger partial charge is 0.305 e. The van der Waals surface area contributed by atoms with Crippen LogP contribution in [0.1, 0.15) is 10.4 Å². The maximum atomic E-state index is 12.6. The van der Waals surface area contributed by atoms with Crippen molar-refractivity contribution in [2.45, 2.75) is 0 Å². The quantitative estimate of drug-likeness (QED) is 0.599. The van der Waals surface area contributed by atoms with Crippen LogP contribution in [0.2, 0.25) is 10.0 Å². The number of piperazine rings is 1. The van der Waals surface area contributed by atoms with Crippen LogP contribution < -0.4 is 4.90 Å².